The third-order valence-corrected chi connectivity index (χ3v) is 4.81. The van der Waals surface area contributed by atoms with Crippen LogP contribution >= 0.6 is 0 Å². The molecule has 4 rings (SSSR count). The Balaban J connectivity index is 1.45. The van der Waals surface area contributed by atoms with Gasteiger partial charge in [0, 0.05) is 5.56 Å². The molecule has 6 heteroatoms. The van der Waals surface area contributed by atoms with Crippen molar-refractivity contribution in [3.63, 3.8) is 0 Å². The number of ether oxygens (including phenoxy) is 1. The molecule has 0 radical (unpaired) electrons. The number of carbonyl (C=O) groups excluding carboxylic acids is 1. The first-order valence-electron chi connectivity index (χ1n) is 8.48. The summed E-state index contributed by atoms with van der Waals surface area (Å²) in [5.41, 5.74) is 0.890. The fraction of sp³-hybridized carbons (Fsp3) is 0.250. The third kappa shape index (κ3) is 2.98. The van der Waals surface area contributed by atoms with E-state index in [1.807, 2.05) is 30.3 Å². The van der Waals surface area contributed by atoms with Crippen molar-refractivity contribution in [2.45, 2.75) is 31.3 Å². The fourth-order valence-corrected chi connectivity index (χ4v) is 3.18. The van der Waals surface area contributed by atoms with E-state index in [0.29, 0.717) is 18.7 Å². The van der Waals surface area contributed by atoms with Gasteiger partial charge in [-0.25, -0.2) is 4.39 Å². The Morgan fingerprint density at radius 1 is 1.08 bits per heavy atom. The van der Waals surface area contributed by atoms with E-state index in [0.717, 1.165) is 17.5 Å². The summed E-state index contributed by atoms with van der Waals surface area (Å²) >= 11 is 0. The molecule has 1 fully saturated rings. The van der Waals surface area contributed by atoms with Gasteiger partial charge in [0.05, 0.1) is 5.41 Å². The van der Waals surface area contributed by atoms with E-state index in [2.05, 4.69) is 10.2 Å². The van der Waals surface area contributed by atoms with E-state index < -0.39 is 5.41 Å². The monoisotopic (exact) mass is 352 g/mol. The predicted octanol–water partition coefficient (Wildman–Crippen LogP) is 4.04. The first-order chi connectivity index (χ1) is 12.7. The molecule has 0 saturated heterocycles. The summed E-state index contributed by atoms with van der Waals surface area (Å²) in [6.07, 6.45) is 2.32. The second-order valence-electron chi connectivity index (χ2n) is 6.39. The Hall–Kier alpha value is -3.02. The molecule has 26 heavy (non-hydrogen) atoms. The van der Waals surface area contributed by atoms with Gasteiger partial charge in [-0.15, -0.1) is 10.2 Å². The average Bonchev–Trinajstić information content (AvgIpc) is 3.10. The van der Waals surface area contributed by atoms with Gasteiger partial charge in [-0.2, -0.15) is 0 Å². The average molecular weight is 352 g/mol. The van der Waals surface area contributed by atoms with Crippen LogP contribution in [0.2, 0.25) is 0 Å². The Labute approximate surface area is 149 Å². The van der Waals surface area contributed by atoms with Crippen molar-refractivity contribution in [1.29, 1.82) is 0 Å². The lowest BCUT2D eigenvalue weighted by atomic mass is 9.64. The van der Waals surface area contributed by atoms with Crippen molar-refractivity contribution in [2.75, 3.05) is 0 Å². The lowest BCUT2D eigenvalue weighted by Crippen LogP contribution is -2.43. The molecule has 5 nitrogen and oxygen atoms in total. The summed E-state index contributed by atoms with van der Waals surface area (Å²) in [6, 6.07) is 15.4. The number of nitrogens with zero attached hydrogens (tertiary/aromatic N) is 2. The molecule has 0 bridgehead atoms. The Morgan fingerprint density at radius 3 is 2.46 bits per heavy atom. The van der Waals surface area contributed by atoms with Crippen LogP contribution in [0, 0.1) is 5.82 Å². The predicted molar refractivity (Wildman–Crippen MR) is 91.5 cm³/mol. The molecule has 0 atom stereocenters. The largest absolute Gasteiger partial charge is 0.455 e. The Kier molecular flexibility index (Phi) is 4.24. The van der Waals surface area contributed by atoms with E-state index in [-0.39, 0.29) is 24.3 Å². The molecule has 1 aromatic heterocycles. The van der Waals surface area contributed by atoms with Crippen molar-refractivity contribution >= 4 is 5.97 Å². The van der Waals surface area contributed by atoms with E-state index >= 15 is 0 Å². The highest BCUT2D eigenvalue weighted by molar-refractivity contribution is 5.84. The van der Waals surface area contributed by atoms with Crippen LogP contribution in [0.25, 0.3) is 11.5 Å². The molecule has 1 aliphatic rings. The topological polar surface area (TPSA) is 65.2 Å². The lowest BCUT2D eigenvalue weighted by molar-refractivity contribution is -0.156. The minimum Gasteiger partial charge on any atom is -0.455 e. The van der Waals surface area contributed by atoms with Gasteiger partial charge in [0.15, 0.2) is 6.61 Å². The number of carbonyl (C=O) groups is 1. The zero-order valence-corrected chi connectivity index (χ0v) is 14.0. The van der Waals surface area contributed by atoms with Crippen LogP contribution in [-0.2, 0) is 21.6 Å². The standard InChI is InChI=1S/C20H17FN2O3/c21-16-9-7-15(8-10-16)20(11-4-12-20)19(24)25-13-17-22-23-18(26-17)14-5-2-1-3-6-14/h1-3,5-10H,4,11-13H2. The molecule has 0 N–H and O–H groups in total. The zero-order chi connectivity index (χ0) is 18.0. The van der Waals surface area contributed by atoms with Gasteiger partial charge in [-0.1, -0.05) is 36.8 Å². The normalized spacial score (nSPS) is 15.3. The van der Waals surface area contributed by atoms with Crippen LogP contribution in [0.15, 0.2) is 59.0 Å². The maximum atomic E-state index is 13.2. The van der Waals surface area contributed by atoms with Gasteiger partial charge in [-0.3, -0.25) is 4.79 Å². The molecular weight excluding hydrogens is 335 g/mol. The summed E-state index contributed by atoms with van der Waals surface area (Å²) in [4.78, 5) is 12.7. The van der Waals surface area contributed by atoms with E-state index in [1.165, 1.54) is 12.1 Å². The van der Waals surface area contributed by atoms with E-state index in [9.17, 15) is 9.18 Å². The molecule has 0 amide bonds. The van der Waals surface area contributed by atoms with Crippen LogP contribution in [0.4, 0.5) is 4.39 Å². The van der Waals surface area contributed by atoms with Crippen molar-refractivity contribution in [3.05, 3.63) is 71.9 Å². The highest BCUT2D eigenvalue weighted by Gasteiger charge is 2.47. The summed E-state index contributed by atoms with van der Waals surface area (Å²) < 4.78 is 24.2. The highest BCUT2D eigenvalue weighted by Crippen LogP contribution is 2.45. The van der Waals surface area contributed by atoms with Crippen molar-refractivity contribution in [3.8, 4) is 11.5 Å². The smallest absolute Gasteiger partial charge is 0.317 e. The highest BCUT2D eigenvalue weighted by atomic mass is 19.1. The minimum atomic E-state index is -0.698. The van der Waals surface area contributed by atoms with Gasteiger partial charge in [0.2, 0.25) is 5.89 Å². The maximum absolute atomic E-state index is 13.2. The second-order valence-corrected chi connectivity index (χ2v) is 6.39. The number of esters is 1. The second kappa shape index (κ2) is 6.71. The molecule has 1 aliphatic carbocycles. The number of rotatable bonds is 5. The van der Waals surface area contributed by atoms with Gasteiger partial charge in [0.25, 0.3) is 5.89 Å². The molecule has 1 saturated carbocycles. The molecule has 132 valence electrons. The number of benzene rings is 2. The third-order valence-electron chi connectivity index (χ3n) is 4.81. The summed E-state index contributed by atoms with van der Waals surface area (Å²) in [6.45, 7) is -0.0817. The van der Waals surface area contributed by atoms with Crippen molar-refractivity contribution < 1.29 is 18.3 Å². The van der Waals surface area contributed by atoms with Gasteiger partial charge >= 0.3 is 5.97 Å². The summed E-state index contributed by atoms with van der Waals surface area (Å²) in [5, 5.41) is 7.91. The van der Waals surface area contributed by atoms with E-state index in [4.69, 9.17) is 9.15 Å². The van der Waals surface area contributed by atoms with Gasteiger partial charge in [0.1, 0.15) is 5.82 Å². The van der Waals surface area contributed by atoms with Crippen LogP contribution in [0.3, 0.4) is 0 Å². The molecule has 2 aromatic carbocycles. The summed E-state index contributed by atoms with van der Waals surface area (Å²) in [7, 11) is 0. The number of hydrogen-bond donors (Lipinski definition) is 0. The summed E-state index contributed by atoms with van der Waals surface area (Å²) in [5.74, 6) is -0.0370. The lowest BCUT2D eigenvalue weighted by Gasteiger charge is -2.39. The fourth-order valence-electron chi connectivity index (χ4n) is 3.18. The zero-order valence-electron chi connectivity index (χ0n) is 14.0. The van der Waals surface area contributed by atoms with E-state index in [1.54, 1.807) is 12.1 Å². The Bertz CT molecular complexity index is 902. The van der Waals surface area contributed by atoms with Crippen molar-refractivity contribution in [1.82, 2.24) is 10.2 Å². The van der Waals surface area contributed by atoms with Crippen LogP contribution in [0.1, 0.15) is 30.7 Å². The number of aromatic nitrogens is 2. The van der Waals surface area contributed by atoms with Gasteiger partial charge in [-0.05, 0) is 42.7 Å². The molecule has 1 heterocycles. The van der Waals surface area contributed by atoms with Crippen LogP contribution in [0.5, 0.6) is 0 Å². The minimum absolute atomic E-state index is 0.0817. The quantitative estimate of drug-likeness (QED) is 0.649. The Morgan fingerprint density at radius 2 is 1.81 bits per heavy atom. The molecular formula is C20H17FN2O3. The van der Waals surface area contributed by atoms with Crippen LogP contribution in [-0.4, -0.2) is 16.2 Å². The number of hydrogen-bond acceptors (Lipinski definition) is 5. The van der Waals surface area contributed by atoms with Gasteiger partial charge < -0.3 is 9.15 Å². The first kappa shape index (κ1) is 16.4. The molecule has 0 aliphatic heterocycles. The maximum Gasteiger partial charge on any atom is 0.317 e. The SMILES string of the molecule is O=C(OCc1nnc(-c2ccccc2)o1)C1(c2ccc(F)cc2)CCC1. The van der Waals surface area contributed by atoms with Crippen LogP contribution < -0.4 is 0 Å². The number of halogens is 1. The molecule has 0 spiro atoms. The molecule has 0 unspecified atom stereocenters. The molecule has 3 aromatic rings. The first-order valence-corrected chi connectivity index (χ1v) is 8.48. The van der Waals surface area contributed by atoms with Crippen molar-refractivity contribution in [2.24, 2.45) is 0 Å².